The van der Waals surface area contributed by atoms with Gasteiger partial charge in [-0.3, -0.25) is 9.59 Å². The van der Waals surface area contributed by atoms with Crippen molar-refractivity contribution in [2.45, 2.75) is 0 Å². The van der Waals surface area contributed by atoms with Crippen LogP contribution in [-0.2, 0) is 4.79 Å². The van der Waals surface area contributed by atoms with E-state index >= 15 is 0 Å². The Kier molecular flexibility index (Phi) is 2.12. The number of hydrogen-bond acceptors (Lipinski definition) is 3. The van der Waals surface area contributed by atoms with Gasteiger partial charge in [0.1, 0.15) is 0 Å². The third-order valence-corrected chi connectivity index (χ3v) is 2.35. The molecule has 1 aromatic rings. The average molecular weight is 230 g/mol. The molecule has 1 N–H and O–H groups in total. The highest BCUT2D eigenvalue weighted by molar-refractivity contribution is 6.52. The number of methoxy groups -OCH3 is 1. The Morgan fingerprint density at radius 1 is 1.47 bits per heavy atom. The molecule has 78 valence electrons. The molecule has 0 radical (unpaired) electrons. The molecule has 4 nitrogen and oxygen atoms in total. The first-order chi connectivity index (χ1) is 7.06. The molecule has 0 fully saturated rings. The summed E-state index contributed by atoms with van der Waals surface area (Å²) < 4.78 is 18.1. The summed E-state index contributed by atoms with van der Waals surface area (Å²) in [6.07, 6.45) is 0. The molecule has 2 rings (SSSR count). The smallest absolute Gasteiger partial charge is 0.296 e. The summed E-state index contributed by atoms with van der Waals surface area (Å²) in [5.74, 6) is -2.58. The van der Waals surface area contributed by atoms with E-state index in [9.17, 15) is 14.0 Å². The van der Waals surface area contributed by atoms with E-state index in [-0.39, 0.29) is 22.0 Å². The van der Waals surface area contributed by atoms with Crippen molar-refractivity contribution < 1.29 is 18.7 Å². The van der Waals surface area contributed by atoms with E-state index in [0.717, 1.165) is 6.07 Å². The highest BCUT2D eigenvalue weighted by Gasteiger charge is 2.33. The Bertz CT molecular complexity index is 487. The molecule has 0 unspecified atom stereocenters. The van der Waals surface area contributed by atoms with Crippen molar-refractivity contribution in [3.05, 3.63) is 22.5 Å². The molecule has 1 heterocycles. The van der Waals surface area contributed by atoms with Crippen LogP contribution in [0.1, 0.15) is 10.4 Å². The first-order valence-corrected chi connectivity index (χ1v) is 4.35. The van der Waals surface area contributed by atoms with Crippen LogP contribution in [0.15, 0.2) is 6.07 Å². The number of ether oxygens (including phenoxy) is 1. The van der Waals surface area contributed by atoms with Crippen LogP contribution >= 0.6 is 11.6 Å². The van der Waals surface area contributed by atoms with E-state index in [1.165, 1.54) is 7.11 Å². The van der Waals surface area contributed by atoms with Crippen LogP contribution in [0.25, 0.3) is 0 Å². The minimum absolute atomic E-state index is 0.0308. The molecule has 0 spiro atoms. The molecule has 0 aromatic heterocycles. The molecule has 1 aliphatic rings. The van der Waals surface area contributed by atoms with Crippen LogP contribution in [0.2, 0.25) is 5.02 Å². The third-order valence-electron chi connectivity index (χ3n) is 2.07. The number of halogens is 2. The van der Waals surface area contributed by atoms with Gasteiger partial charge in [0.25, 0.3) is 11.7 Å². The molecule has 0 atom stereocenters. The van der Waals surface area contributed by atoms with Crippen LogP contribution in [0.3, 0.4) is 0 Å². The van der Waals surface area contributed by atoms with Crippen LogP contribution in [-0.4, -0.2) is 18.8 Å². The van der Waals surface area contributed by atoms with Gasteiger partial charge in [-0.05, 0) is 6.07 Å². The Morgan fingerprint density at radius 2 is 2.13 bits per heavy atom. The summed E-state index contributed by atoms with van der Waals surface area (Å²) in [5.41, 5.74) is 0.0673. The largest absolute Gasteiger partial charge is 0.492 e. The Morgan fingerprint density at radius 3 is 2.73 bits per heavy atom. The molecule has 0 saturated carbocycles. The third kappa shape index (κ3) is 1.27. The predicted molar refractivity (Wildman–Crippen MR) is 50.9 cm³/mol. The zero-order valence-electron chi connectivity index (χ0n) is 7.56. The van der Waals surface area contributed by atoms with Crippen LogP contribution in [0.4, 0.5) is 10.1 Å². The monoisotopic (exact) mass is 229 g/mol. The summed E-state index contributed by atoms with van der Waals surface area (Å²) in [6, 6.07) is 1.11. The van der Waals surface area contributed by atoms with Crippen molar-refractivity contribution in [2.75, 3.05) is 12.4 Å². The number of Topliss-reactive ketones (excluding diaryl/α,β-unsaturated/α-hetero) is 1. The van der Waals surface area contributed by atoms with E-state index in [1.807, 2.05) is 0 Å². The fraction of sp³-hybridized carbons (Fsp3) is 0.111. The maximum atomic E-state index is 13.4. The zero-order valence-corrected chi connectivity index (χ0v) is 8.31. The van der Waals surface area contributed by atoms with Gasteiger partial charge in [-0.25, -0.2) is 4.39 Å². The summed E-state index contributed by atoms with van der Waals surface area (Å²) in [7, 11) is 1.23. The number of carbonyl (C=O) groups excluding carboxylic acids is 2. The maximum Gasteiger partial charge on any atom is 0.296 e. The van der Waals surface area contributed by atoms with Gasteiger partial charge < -0.3 is 10.1 Å². The van der Waals surface area contributed by atoms with Crippen LogP contribution in [0, 0.1) is 5.82 Å². The van der Waals surface area contributed by atoms with Gasteiger partial charge in [-0.15, -0.1) is 0 Å². The molecule has 0 bridgehead atoms. The van der Waals surface area contributed by atoms with Gasteiger partial charge in [0.05, 0.1) is 23.4 Å². The van der Waals surface area contributed by atoms with E-state index in [2.05, 4.69) is 5.32 Å². The number of rotatable bonds is 1. The summed E-state index contributed by atoms with van der Waals surface area (Å²) in [4.78, 5) is 22.3. The lowest BCUT2D eigenvalue weighted by Gasteiger charge is -2.08. The number of amides is 1. The molecule has 1 amide bonds. The quantitative estimate of drug-likeness (QED) is 0.745. The maximum absolute atomic E-state index is 13.4. The topological polar surface area (TPSA) is 55.4 Å². The number of nitrogens with one attached hydrogen (secondary N) is 1. The lowest BCUT2D eigenvalue weighted by Crippen LogP contribution is -2.12. The van der Waals surface area contributed by atoms with E-state index in [1.54, 1.807) is 0 Å². The van der Waals surface area contributed by atoms with Gasteiger partial charge in [-0.2, -0.15) is 0 Å². The van der Waals surface area contributed by atoms with Crippen molar-refractivity contribution >= 4 is 29.0 Å². The van der Waals surface area contributed by atoms with Crippen LogP contribution in [0.5, 0.6) is 5.75 Å². The SMILES string of the molecule is COc1c(F)c(Cl)cc2c1NC(=O)C2=O. The highest BCUT2D eigenvalue weighted by atomic mass is 35.5. The second-order valence-corrected chi connectivity index (χ2v) is 3.32. The van der Waals surface area contributed by atoms with Crippen molar-refractivity contribution in [1.29, 1.82) is 0 Å². The summed E-state index contributed by atoms with van der Waals surface area (Å²) in [5, 5.41) is 1.97. The van der Waals surface area contributed by atoms with Crippen molar-refractivity contribution in [3.63, 3.8) is 0 Å². The Labute approximate surface area is 89.0 Å². The molecule has 6 heteroatoms. The number of ketones is 1. The standard InChI is InChI=1S/C9H5ClFNO3/c1-15-8-5(11)4(10)2-3-6(8)12-9(14)7(3)13/h2H,1H3,(H,12,13,14). The van der Waals surface area contributed by atoms with Gasteiger partial charge in [-0.1, -0.05) is 11.6 Å². The second-order valence-electron chi connectivity index (χ2n) is 2.91. The van der Waals surface area contributed by atoms with E-state index in [0.29, 0.717) is 0 Å². The number of carbonyl (C=O) groups is 2. The molecule has 0 saturated heterocycles. The highest BCUT2D eigenvalue weighted by Crippen LogP contribution is 2.39. The fourth-order valence-corrected chi connectivity index (χ4v) is 1.59. The van der Waals surface area contributed by atoms with E-state index in [4.69, 9.17) is 16.3 Å². The number of hydrogen-bond donors (Lipinski definition) is 1. The minimum Gasteiger partial charge on any atom is -0.492 e. The van der Waals surface area contributed by atoms with Crippen molar-refractivity contribution in [3.8, 4) is 5.75 Å². The lowest BCUT2D eigenvalue weighted by atomic mass is 10.1. The summed E-state index contributed by atoms with van der Waals surface area (Å²) in [6.45, 7) is 0. The van der Waals surface area contributed by atoms with Gasteiger partial charge >= 0.3 is 0 Å². The molecule has 1 aliphatic heterocycles. The number of anilines is 1. The van der Waals surface area contributed by atoms with Gasteiger partial charge in [0, 0.05) is 0 Å². The van der Waals surface area contributed by atoms with Crippen molar-refractivity contribution in [1.82, 2.24) is 0 Å². The molecular weight excluding hydrogens is 225 g/mol. The second kappa shape index (κ2) is 3.20. The normalized spacial score (nSPS) is 13.8. The zero-order chi connectivity index (χ0) is 11.2. The Balaban J connectivity index is 2.74. The Hall–Kier alpha value is -1.62. The van der Waals surface area contributed by atoms with E-state index < -0.39 is 17.5 Å². The summed E-state index contributed by atoms with van der Waals surface area (Å²) >= 11 is 5.54. The first-order valence-electron chi connectivity index (χ1n) is 3.98. The molecule has 0 aliphatic carbocycles. The van der Waals surface area contributed by atoms with Crippen molar-refractivity contribution in [2.24, 2.45) is 0 Å². The number of benzene rings is 1. The van der Waals surface area contributed by atoms with Gasteiger partial charge in [0.15, 0.2) is 11.6 Å². The lowest BCUT2D eigenvalue weighted by molar-refractivity contribution is -0.112. The van der Waals surface area contributed by atoms with Gasteiger partial charge in [0.2, 0.25) is 0 Å². The molecular formula is C9H5ClFNO3. The average Bonchev–Trinajstić information content (AvgIpc) is 2.47. The predicted octanol–water partition coefficient (Wildman–Crippen LogP) is 1.62. The minimum atomic E-state index is -0.815. The molecule has 15 heavy (non-hydrogen) atoms. The molecule has 1 aromatic carbocycles. The fourth-order valence-electron chi connectivity index (χ4n) is 1.39. The first kappa shape index (κ1) is 9.92. The van der Waals surface area contributed by atoms with Crippen LogP contribution < -0.4 is 10.1 Å². The number of fused-ring (bicyclic) bond motifs is 1.